The standard InChI is InChI=1S/C31H29N3O4S/c1-6-38-31(36)28-27(23-10-9-22-16-25(37-5)14-11-21(22)15-23)20(4)39-29(28)32-17-26-19(3)33-34(30(26)35)24-12-7-18(2)8-13-24/h7-17,33H,6H2,1-5H3/b32-17+. The number of methoxy groups -OCH3 is 1. The zero-order chi connectivity index (χ0) is 27.7. The number of aryl methyl sites for hydroxylation is 3. The Labute approximate surface area is 230 Å². The van der Waals surface area contributed by atoms with Gasteiger partial charge in [0.25, 0.3) is 5.56 Å². The van der Waals surface area contributed by atoms with E-state index in [1.807, 2.05) is 75.4 Å². The normalized spacial score (nSPS) is 11.4. The summed E-state index contributed by atoms with van der Waals surface area (Å²) in [6, 6.07) is 19.6. The van der Waals surface area contributed by atoms with Gasteiger partial charge in [0, 0.05) is 22.3 Å². The lowest BCUT2D eigenvalue weighted by atomic mass is 9.98. The summed E-state index contributed by atoms with van der Waals surface area (Å²) in [5.74, 6) is 0.342. The molecule has 1 N–H and O–H groups in total. The minimum absolute atomic E-state index is 0.212. The van der Waals surface area contributed by atoms with Crippen LogP contribution in [-0.2, 0) is 4.74 Å². The molecule has 0 aliphatic rings. The van der Waals surface area contributed by atoms with E-state index in [1.54, 1.807) is 14.0 Å². The predicted octanol–water partition coefficient (Wildman–Crippen LogP) is 6.91. The summed E-state index contributed by atoms with van der Waals surface area (Å²) in [5.41, 5.74) is 4.82. The third-order valence-corrected chi connectivity index (χ3v) is 7.61. The maximum Gasteiger partial charge on any atom is 0.341 e. The fourth-order valence-corrected chi connectivity index (χ4v) is 5.58. The number of thiophene rings is 1. The Hall–Kier alpha value is -4.43. The SMILES string of the molecule is CCOC(=O)c1c(/N=C/c2c(C)[nH]n(-c3ccc(C)cc3)c2=O)sc(C)c1-c1ccc2cc(OC)ccc2c1. The average molecular weight is 540 g/mol. The number of nitrogens with one attached hydrogen (secondary N) is 1. The van der Waals surface area contributed by atoms with E-state index in [0.29, 0.717) is 21.8 Å². The predicted molar refractivity (Wildman–Crippen MR) is 158 cm³/mol. The van der Waals surface area contributed by atoms with E-state index < -0.39 is 5.97 Å². The van der Waals surface area contributed by atoms with E-state index in [0.717, 1.165) is 43.8 Å². The second-order valence-corrected chi connectivity index (χ2v) is 10.4. The van der Waals surface area contributed by atoms with Gasteiger partial charge in [0.15, 0.2) is 0 Å². The van der Waals surface area contributed by atoms with Crippen molar-refractivity contribution in [3.8, 4) is 22.6 Å². The van der Waals surface area contributed by atoms with E-state index in [2.05, 4.69) is 16.2 Å². The van der Waals surface area contributed by atoms with Crippen molar-refractivity contribution in [1.82, 2.24) is 9.78 Å². The number of hydrogen-bond donors (Lipinski definition) is 1. The van der Waals surface area contributed by atoms with Gasteiger partial charge in [0.2, 0.25) is 0 Å². The highest BCUT2D eigenvalue weighted by Crippen LogP contribution is 2.42. The Balaban J connectivity index is 1.59. The van der Waals surface area contributed by atoms with Crippen LogP contribution in [0.25, 0.3) is 27.6 Å². The van der Waals surface area contributed by atoms with Crippen LogP contribution in [0.1, 0.15) is 39.0 Å². The van der Waals surface area contributed by atoms with E-state index >= 15 is 0 Å². The van der Waals surface area contributed by atoms with Gasteiger partial charge in [0.1, 0.15) is 16.3 Å². The van der Waals surface area contributed by atoms with Crippen LogP contribution in [0.15, 0.2) is 70.5 Å². The Kier molecular flexibility index (Phi) is 7.21. The summed E-state index contributed by atoms with van der Waals surface area (Å²) in [6.07, 6.45) is 1.53. The first kappa shape index (κ1) is 26.2. The fraction of sp³-hybridized carbons (Fsp3) is 0.194. The van der Waals surface area contributed by atoms with E-state index in [9.17, 15) is 9.59 Å². The number of rotatable bonds is 7. The molecule has 0 radical (unpaired) electrons. The van der Waals surface area contributed by atoms with Crippen molar-refractivity contribution in [3.63, 3.8) is 0 Å². The molecule has 0 aliphatic heterocycles. The number of aromatic nitrogens is 2. The highest BCUT2D eigenvalue weighted by molar-refractivity contribution is 7.16. The quantitative estimate of drug-likeness (QED) is 0.180. The molecule has 0 saturated heterocycles. The van der Waals surface area contributed by atoms with Crippen molar-refractivity contribution in [2.75, 3.05) is 13.7 Å². The van der Waals surface area contributed by atoms with E-state index in [1.165, 1.54) is 22.2 Å². The second-order valence-electron chi connectivity index (χ2n) is 9.25. The first-order valence-electron chi connectivity index (χ1n) is 12.6. The van der Waals surface area contributed by atoms with Crippen molar-refractivity contribution in [2.45, 2.75) is 27.7 Å². The van der Waals surface area contributed by atoms with Gasteiger partial charge in [-0.05, 0) is 74.4 Å². The first-order chi connectivity index (χ1) is 18.8. The number of carbonyl (C=O) groups excluding carboxylic acids is 1. The van der Waals surface area contributed by atoms with E-state index in [-0.39, 0.29) is 12.2 Å². The Bertz CT molecular complexity index is 1770. The van der Waals surface area contributed by atoms with Crippen LogP contribution in [0, 0.1) is 20.8 Å². The lowest BCUT2D eigenvalue weighted by Gasteiger charge is -2.09. The third kappa shape index (κ3) is 5.03. The molecular formula is C31H29N3O4S. The number of aromatic amines is 1. The monoisotopic (exact) mass is 539 g/mol. The van der Waals surface area contributed by atoms with Gasteiger partial charge < -0.3 is 9.47 Å². The molecular weight excluding hydrogens is 510 g/mol. The molecule has 2 aromatic heterocycles. The molecule has 0 fully saturated rings. The number of fused-ring (bicyclic) bond motifs is 1. The maximum atomic E-state index is 13.2. The molecule has 0 aliphatic carbocycles. The van der Waals surface area contributed by atoms with Gasteiger partial charge in [-0.2, -0.15) is 0 Å². The lowest BCUT2D eigenvalue weighted by Crippen LogP contribution is -2.17. The summed E-state index contributed by atoms with van der Waals surface area (Å²) in [5, 5.41) is 5.69. The maximum absolute atomic E-state index is 13.2. The van der Waals surface area contributed by atoms with Gasteiger partial charge in [-0.25, -0.2) is 14.5 Å². The molecule has 0 amide bonds. The highest BCUT2D eigenvalue weighted by atomic mass is 32.1. The number of H-pyrrole nitrogens is 1. The van der Waals surface area contributed by atoms with Crippen LogP contribution < -0.4 is 10.3 Å². The third-order valence-electron chi connectivity index (χ3n) is 6.60. The van der Waals surface area contributed by atoms with Crippen molar-refractivity contribution < 1.29 is 14.3 Å². The Morgan fingerprint density at radius 3 is 2.46 bits per heavy atom. The highest BCUT2D eigenvalue weighted by Gasteiger charge is 2.24. The van der Waals surface area contributed by atoms with Gasteiger partial charge in [0.05, 0.1) is 25.0 Å². The molecule has 0 bridgehead atoms. The number of carbonyl (C=O) groups is 1. The summed E-state index contributed by atoms with van der Waals surface area (Å²) in [6.45, 7) is 7.81. The van der Waals surface area contributed by atoms with Crippen LogP contribution >= 0.6 is 11.3 Å². The zero-order valence-electron chi connectivity index (χ0n) is 22.5. The van der Waals surface area contributed by atoms with Gasteiger partial charge in [-0.15, -0.1) is 11.3 Å². The van der Waals surface area contributed by atoms with Gasteiger partial charge in [-0.3, -0.25) is 9.89 Å². The molecule has 198 valence electrons. The summed E-state index contributed by atoms with van der Waals surface area (Å²) < 4.78 is 12.3. The van der Waals surface area contributed by atoms with Crippen molar-refractivity contribution >= 4 is 39.3 Å². The zero-order valence-corrected chi connectivity index (χ0v) is 23.3. The molecule has 7 nitrogen and oxygen atoms in total. The number of aliphatic imine (C=N–C) groups is 1. The van der Waals surface area contributed by atoms with Crippen LogP contribution in [-0.4, -0.2) is 35.7 Å². The van der Waals surface area contributed by atoms with Crippen molar-refractivity contribution in [2.24, 2.45) is 4.99 Å². The van der Waals surface area contributed by atoms with Crippen molar-refractivity contribution in [3.05, 3.63) is 98.3 Å². The molecule has 0 atom stereocenters. The van der Waals surface area contributed by atoms with Crippen molar-refractivity contribution in [1.29, 1.82) is 0 Å². The minimum atomic E-state index is -0.443. The smallest absolute Gasteiger partial charge is 0.341 e. The number of ether oxygens (including phenoxy) is 2. The summed E-state index contributed by atoms with van der Waals surface area (Å²) >= 11 is 1.40. The number of esters is 1. The molecule has 2 heterocycles. The Morgan fingerprint density at radius 2 is 1.74 bits per heavy atom. The molecule has 0 unspecified atom stereocenters. The number of hydrogen-bond acceptors (Lipinski definition) is 6. The van der Waals surface area contributed by atoms with Crippen LogP contribution in [0.2, 0.25) is 0 Å². The topological polar surface area (TPSA) is 85.7 Å². The first-order valence-corrected chi connectivity index (χ1v) is 13.4. The van der Waals surface area contributed by atoms with Gasteiger partial charge in [-0.1, -0.05) is 35.9 Å². The average Bonchev–Trinajstić information content (AvgIpc) is 3.42. The molecule has 8 heteroatoms. The molecule has 5 aromatic rings. The van der Waals surface area contributed by atoms with E-state index in [4.69, 9.17) is 9.47 Å². The van der Waals surface area contributed by atoms with Crippen LogP contribution in [0.5, 0.6) is 5.75 Å². The minimum Gasteiger partial charge on any atom is -0.497 e. The summed E-state index contributed by atoms with van der Waals surface area (Å²) in [4.78, 5) is 32.0. The molecule has 0 spiro atoms. The molecule has 0 saturated carbocycles. The summed E-state index contributed by atoms with van der Waals surface area (Å²) in [7, 11) is 1.64. The Morgan fingerprint density at radius 1 is 1.03 bits per heavy atom. The largest absolute Gasteiger partial charge is 0.497 e. The second kappa shape index (κ2) is 10.7. The molecule has 5 rings (SSSR count). The lowest BCUT2D eigenvalue weighted by molar-refractivity contribution is 0.0528. The molecule has 39 heavy (non-hydrogen) atoms. The molecule has 3 aromatic carbocycles. The van der Waals surface area contributed by atoms with Crippen LogP contribution in [0.3, 0.4) is 0 Å². The fourth-order valence-electron chi connectivity index (χ4n) is 4.58. The van der Waals surface area contributed by atoms with Gasteiger partial charge >= 0.3 is 5.97 Å². The number of nitrogens with zero attached hydrogens (tertiary/aromatic N) is 2. The number of benzene rings is 3. The van der Waals surface area contributed by atoms with Crippen LogP contribution in [0.4, 0.5) is 5.00 Å².